The Morgan fingerprint density at radius 1 is 1.00 bits per heavy atom. The van der Waals surface area contributed by atoms with Crippen LogP contribution >= 0.6 is 0 Å². The van der Waals surface area contributed by atoms with E-state index in [4.69, 9.17) is 0 Å². The predicted molar refractivity (Wildman–Crippen MR) is 199 cm³/mol. The van der Waals surface area contributed by atoms with Crippen molar-refractivity contribution < 1.29 is 0 Å². The lowest BCUT2D eigenvalue weighted by Crippen LogP contribution is -2.34. The highest BCUT2D eigenvalue weighted by Gasteiger charge is 2.23. The van der Waals surface area contributed by atoms with Crippen LogP contribution in [0.15, 0.2) is 146 Å². The van der Waals surface area contributed by atoms with Crippen LogP contribution in [0.5, 0.6) is 0 Å². The van der Waals surface area contributed by atoms with Gasteiger partial charge in [0.15, 0.2) is 0 Å². The molecule has 1 heterocycles. The van der Waals surface area contributed by atoms with Crippen molar-refractivity contribution in [3.8, 4) is 0 Å². The van der Waals surface area contributed by atoms with Crippen molar-refractivity contribution in [3.05, 3.63) is 174 Å². The van der Waals surface area contributed by atoms with Gasteiger partial charge in [0.1, 0.15) is 0 Å². The number of aryl methyl sites for hydroxylation is 1. The van der Waals surface area contributed by atoms with Gasteiger partial charge >= 0.3 is 0 Å². The van der Waals surface area contributed by atoms with Crippen LogP contribution in [-0.4, -0.2) is 11.2 Å². The standard InChI is InChI=1S/C43H46N2/c1-6-8-14-27-42-35(5)40-31-39(37-23-15-9-10-16-24-37)32-41(38-25-17-11-12-18-26-38)43(40)45(42)44(30-7-2)34(4)29-28-33(3)36-21-19-13-20-22-36/h6,8-9,11-25,27-29,31-33H,4,7,10,26,30H2,1-3,5H3/b8-6+,27-14-,29-28-. The molecule has 228 valence electrons. The molecule has 0 bridgehead atoms. The summed E-state index contributed by atoms with van der Waals surface area (Å²) in [5.74, 6) is 0.284. The average molecular weight is 591 g/mol. The lowest BCUT2D eigenvalue weighted by Gasteiger charge is -2.30. The molecule has 0 aliphatic heterocycles. The highest BCUT2D eigenvalue weighted by Crippen LogP contribution is 2.38. The second kappa shape index (κ2) is 15.3. The van der Waals surface area contributed by atoms with E-state index in [1.165, 1.54) is 50.0 Å². The van der Waals surface area contributed by atoms with E-state index < -0.39 is 0 Å². The van der Waals surface area contributed by atoms with Gasteiger partial charge in [-0.3, -0.25) is 9.69 Å². The zero-order valence-corrected chi connectivity index (χ0v) is 27.3. The molecule has 0 amide bonds. The Kier molecular flexibility index (Phi) is 10.7. The average Bonchev–Trinajstić information content (AvgIpc) is 3.37. The summed E-state index contributed by atoms with van der Waals surface area (Å²) in [6.07, 6.45) is 37.9. The van der Waals surface area contributed by atoms with Gasteiger partial charge in [-0.15, -0.1) is 0 Å². The number of hydrogen-bond acceptors (Lipinski definition) is 1. The SMILES string of the molecule is C=C(/C=C\C(C)c1ccccc1)N(CCC)n1c(/C=C\C=C\C)c(C)c2cc(C3=CC=CCC=C3)cc(C3=CC=CC=CC3)c21. The summed E-state index contributed by atoms with van der Waals surface area (Å²) in [5, 5.41) is 3.64. The lowest BCUT2D eigenvalue weighted by molar-refractivity contribution is 0.665. The van der Waals surface area contributed by atoms with E-state index in [9.17, 15) is 0 Å². The maximum atomic E-state index is 4.65. The molecule has 1 unspecified atom stereocenters. The third-order valence-electron chi connectivity index (χ3n) is 8.46. The Morgan fingerprint density at radius 2 is 1.84 bits per heavy atom. The number of benzene rings is 2. The number of allylic oxidation sites excluding steroid dienone is 17. The molecule has 0 saturated heterocycles. The van der Waals surface area contributed by atoms with Gasteiger partial charge in [-0.25, -0.2) is 0 Å². The first-order chi connectivity index (χ1) is 22.0. The molecule has 5 rings (SSSR count). The lowest BCUT2D eigenvalue weighted by atomic mass is 9.93. The molecule has 2 aromatic carbocycles. The minimum absolute atomic E-state index is 0.284. The molecule has 1 atom stereocenters. The van der Waals surface area contributed by atoms with Crippen LogP contribution in [0.3, 0.4) is 0 Å². The smallest absolute Gasteiger partial charge is 0.0784 e. The van der Waals surface area contributed by atoms with Gasteiger partial charge in [0.25, 0.3) is 0 Å². The molecule has 2 aliphatic rings. The highest BCUT2D eigenvalue weighted by atomic mass is 15.6. The first-order valence-corrected chi connectivity index (χ1v) is 16.3. The number of rotatable bonds is 11. The van der Waals surface area contributed by atoms with E-state index in [1.807, 2.05) is 0 Å². The van der Waals surface area contributed by atoms with Crippen LogP contribution in [0.4, 0.5) is 0 Å². The van der Waals surface area contributed by atoms with E-state index in [2.05, 4.69) is 184 Å². The largest absolute Gasteiger partial charge is 0.281 e. The summed E-state index contributed by atoms with van der Waals surface area (Å²) in [7, 11) is 0. The van der Waals surface area contributed by atoms with Crippen molar-refractivity contribution >= 4 is 28.1 Å². The Bertz CT molecular complexity index is 1790. The van der Waals surface area contributed by atoms with Gasteiger partial charge in [-0.1, -0.05) is 136 Å². The quantitative estimate of drug-likeness (QED) is 0.202. The van der Waals surface area contributed by atoms with E-state index in [0.717, 1.165) is 31.5 Å². The van der Waals surface area contributed by atoms with Gasteiger partial charge in [-0.2, -0.15) is 0 Å². The molecule has 45 heavy (non-hydrogen) atoms. The molecular weight excluding hydrogens is 544 g/mol. The predicted octanol–water partition coefficient (Wildman–Crippen LogP) is 11.6. The second-order valence-electron chi connectivity index (χ2n) is 11.7. The monoisotopic (exact) mass is 590 g/mol. The zero-order valence-electron chi connectivity index (χ0n) is 27.3. The van der Waals surface area contributed by atoms with Gasteiger partial charge in [0.2, 0.25) is 0 Å². The number of aromatic nitrogens is 1. The van der Waals surface area contributed by atoms with Gasteiger partial charge in [0, 0.05) is 17.5 Å². The molecule has 2 heteroatoms. The normalized spacial score (nSPS) is 15.6. The Balaban J connectivity index is 1.76. The Hall–Kier alpha value is -4.82. The number of hydrogen-bond donors (Lipinski definition) is 0. The van der Waals surface area contributed by atoms with Crippen LogP contribution in [-0.2, 0) is 0 Å². The van der Waals surface area contributed by atoms with Crippen molar-refractivity contribution in [3.63, 3.8) is 0 Å². The van der Waals surface area contributed by atoms with Crippen LogP contribution < -0.4 is 5.01 Å². The van der Waals surface area contributed by atoms with Gasteiger partial charge < -0.3 is 0 Å². The van der Waals surface area contributed by atoms with E-state index >= 15 is 0 Å². The van der Waals surface area contributed by atoms with E-state index in [1.54, 1.807) is 0 Å². The minimum Gasteiger partial charge on any atom is -0.281 e. The maximum Gasteiger partial charge on any atom is 0.0784 e. The molecule has 2 nitrogen and oxygen atoms in total. The van der Waals surface area contributed by atoms with Crippen LogP contribution in [0, 0.1) is 6.92 Å². The summed E-state index contributed by atoms with van der Waals surface area (Å²) in [6, 6.07) is 15.4. The van der Waals surface area contributed by atoms with Crippen molar-refractivity contribution in [2.45, 2.75) is 52.9 Å². The van der Waals surface area contributed by atoms with Crippen molar-refractivity contribution in [1.29, 1.82) is 0 Å². The molecule has 0 N–H and O–H groups in total. The van der Waals surface area contributed by atoms with Crippen LogP contribution in [0.1, 0.15) is 73.9 Å². The van der Waals surface area contributed by atoms with E-state index in [-0.39, 0.29) is 5.92 Å². The zero-order chi connectivity index (χ0) is 31.6. The third-order valence-corrected chi connectivity index (χ3v) is 8.46. The fourth-order valence-electron chi connectivity index (χ4n) is 6.02. The minimum atomic E-state index is 0.284. The summed E-state index contributed by atoms with van der Waals surface area (Å²) in [5.41, 5.74) is 11.0. The molecule has 0 spiro atoms. The van der Waals surface area contributed by atoms with Crippen LogP contribution in [0.2, 0.25) is 0 Å². The molecule has 2 aliphatic carbocycles. The number of nitrogens with zero attached hydrogens (tertiary/aromatic N) is 2. The van der Waals surface area contributed by atoms with Crippen molar-refractivity contribution in [2.75, 3.05) is 11.6 Å². The molecule has 3 aromatic rings. The topological polar surface area (TPSA) is 8.17 Å². The van der Waals surface area contributed by atoms with Crippen molar-refractivity contribution in [2.24, 2.45) is 0 Å². The molecule has 0 radical (unpaired) electrons. The fourth-order valence-corrected chi connectivity index (χ4v) is 6.02. The molecule has 0 fully saturated rings. The fraction of sp³-hybridized carbons (Fsp3) is 0.209. The van der Waals surface area contributed by atoms with Gasteiger partial charge in [0.05, 0.1) is 16.9 Å². The summed E-state index contributed by atoms with van der Waals surface area (Å²) in [4.78, 5) is 0. The first kappa shape index (κ1) is 31.6. The highest BCUT2D eigenvalue weighted by molar-refractivity contribution is 6.00. The summed E-state index contributed by atoms with van der Waals surface area (Å²) in [6.45, 7) is 14.3. The molecule has 1 aromatic heterocycles. The Morgan fingerprint density at radius 3 is 2.64 bits per heavy atom. The first-order valence-electron chi connectivity index (χ1n) is 16.3. The number of fused-ring (bicyclic) bond motifs is 1. The summed E-state index contributed by atoms with van der Waals surface area (Å²) >= 11 is 0. The molecular formula is C43H46N2. The van der Waals surface area contributed by atoms with Gasteiger partial charge in [-0.05, 0) is 91.1 Å². The second-order valence-corrected chi connectivity index (χ2v) is 11.7. The summed E-state index contributed by atoms with van der Waals surface area (Å²) < 4.78 is 2.43. The van der Waals surface area contributed by atoms with Crippen LogP contribution in [0.25, 0.3) is 28.1 Å². The third kappa shape index (κ3) is 7.29. The molecule has 0 saturated carbocycles. The van der Waals surface area contributed by atoms with Crippen molar-refractivity contribution in [1.82, 2.24) is 4.68 Å². The maximum absolute atomic E-state index is 4.65. The Labute approximate surface area is 270 Å². The van der Waals surface area contributed by atoms with E-state index in [0.29, 0.717) is 0 Å².